The molecule has 1 rings (SSSR count). The summed E-state index contributed by atoms with van der Waals surface area (Å²) in [6.07, 6.45) is 0. The van der Waals surface area contributed by atoms with Gasteiger partial charge in [0, 0.05) is 9.75 Å². The molecule has 0 aromatic carbocycles. The fourth-order valence-corrected chi connectivity index (χ4v) is 2.84. The van der Waals surface area contributed by atoms with Gasteiger partial charge in [-0.3, -0.25) is 0 Å². The van der Waals surface area contributed by atoms with E-state index in [2.05, 4.69) is 0 Å². The van der Waals surface area contributed by atoms with Crippen molar-refractivity contribution < 1.29 is 19.1 Å². The molecule has 0 aliphatic heterocycles. The Kier molecular flexibility index (Phi) is 6.40. The van der Waals surface area contributed by atoms with Crippen LogP contribution in [0.4, 0.5) is 0 Å². The number of ether oxygens (including phenoxy) is 2. The fourth-order valence-electron chi connectivity index (χ4n) is 1.80. The van der Waals surface area contributed by atoms with Crippen molar-refractivity contribution in [2.45, 2.75) is 41.5 Å². The topological polar surface area (TPSA) is 52.6 Å². The Bertz CT molecular complexity index is 470. The third-order valence-electron chi connectivity index (χ3n) is 2.76. The van der Waals surface area contributed by atoms with Crippen LogP contribution in [0.3, 0.4) is 0 Å². The Hall–Kier alpha value is -1.36. The normalized spacial score (nSPS) is 11.0. The average Bonchev–Trinajstić information content (AvgIpc) is 2.67. The highest BCUT2D eigenvalue weighted by Crippen LogP contribution is 2.29. The van der Waals surface area contributed by atoms with E-state index in [1.165, 1.54) is 11.3 Å². The molecule has 118 valence electrons. The molecule has 0 atom stereocenters. The standard InChI is InChI=1S/C16H24O4S/c1-9(2)7-19-15(17)13-11(5)21-12(6)14(13)16(18)20-8-10(3)4/h9-10H,7-8H2,1-6H3. The number of thiophene rings is 1. The van der Waals surface area contributed by atoms with Crippen LogP contribution in [0.25, 0.3) is 0 Å². The maximum atomic E-state index is 12.2. The highest BCUT2D eigenvalue weighted by Gasteiger charge is 2.27. The van der Waals surface area contributed by atoms with Crippen LogP contribution in [-0.4, -0.2) is 25.2 Å². The molecule has 0 bridgehead atoms. The van der Waals surface area contributed by atoms with Crippen LogP contribution in [0.5, 0.6) is 0 Å². The molecular weight excluding hydrogens is 288 g/mol. The van der Waals surface area contributed by atoms with E-state index in [4.69, 9.17) is 9.47 Å². The zero-order chi connectivity index (χ0) is 16.2. The molecule has 1 heterocycles. The lowest BCUT2D eigenvalue weighted by Gasteiger charge is -2.10. The lowest BCUT2D eigenvalue weighted by molar-refractivity contribution is 0.0412. The van der Waals surface area contributed by atoms with Crippen molar-refractivity contribution in [1.29, 1.82) is 0 Å². The van der Waals surface area contributed by atoms with Crippen LogP contribution < -0.4 is 0 Å². The summed E-state index contributed by atoms with van der Waals surface area (Å²) in [5.74, 6) is -0.375. The molecule has 0 saturated carbocycles. The number of rotatable bonds is 6. The van der Waals surface area contributed by atoms with Crippen molar-refractivity contribution in [2.24, 2.45) is 11.8 Å². The van der Waals surface area contributed by atoms with Crippen molar-refractivity contribution in [3.63, 3.8) is 0 Å². The summed E-state index contributed by atoms with van der Waals surface area (Å²) in [4.78, 5) is 26.0. The summed E-state index contributed by atoms with van der Waals surface area (Å²) in [6, 6.07) is 0. The molecule has 0 N–H and O–H groups in total. The van der Waals surface area contributed by atoms with Crippen LogP contribution in [-0.2, 0) is 9.47 Å². The predicted octanol–water partition coefficient (Wildman–Crippen LogP) is 3.99. The van der Waals surface area contributed by atoms with Crippen molar-refractivity contribution in [3.05, 3.63) is 20.9 Å². The first kappa shape index (κ1) is 17.7. The highest BCUT2D eigenvalue weighted by atomic mass is 32.1. The van der Waals surface area contributed by atoms with Gasteiger partial charge in [-0.2, -0.15) is 0 Å². The Morgan fingerprint density at radius 2 is 1.19 bits per heavy atom. The maximum absolute atomic E-state index is 12.2. The number of hydrogen-bond donors (Lipinski definition) is 0. The molecule has 0 unspecified atom stereocenters. The summed E-state index contributed by atoms with van der Waals surface area (Å²) < 4.78 is 10.5. The maximum Gasteiger partial charge on any atom is 0.340 e. The lowest BCUT2D eigenvalue weighted by Crippen LogP contribution is -2.17. The largest absolute Gasteiger partial charge is 0.462 e. The Balaban J connectivity index is 2.98. The molecule has 1 aromatic heterocycles. The van der Waals surface area contributed by atoms with E-state index in [9.17, 15) is 9.59 Å². The SMILES string of the molecule is Cc1sc(C)c(C(=O)OCC(C)C)c1C(=O)OCC(C)C. The monoisotopic (exact) mass is 312 g/mol. The van der Waals surface area contributed by atoms with Crippen LogP contribution >= 0.6 is 11.3 Å². The van der Waals surface area contributed by atoms with Crippen LogP contribution in [0, 0.1) is 25.7 Å². The van der Waals surface area contributed by atoms with Gasteiger partial charge in [0.15, 0.2) is 0 Å². The number of esters is 2. The van der Waals surface area contributed by atoms with Crippen LogP contribution in [0.2, 0.25) is 0 Å². The summed E-state index contributed by atoms with van der Waals surface area (Å²) in [5.41, 5.74) is 0.707. The minimum Gasteiger partial charge on any atom is -0.462 e. The zero-order valence-corrected chi connectivity index (χ0v) is 14.4. The first-order valence-electron chi connectivity index (χ1n) is 7.18. The first-order chi connectivity index (χ1) is 9.73. The minimum atomic E-state index is -0.443. The quantitative estimate of drug-likeness (QED) is 0.745. The van der Waals surface area contributed by atoms with Gasteiger partial charge in [-0.25, -0.2) is 9.59 Å². The van der Waals surface area contributed by atoms with Crippen LogP contribution in [0.1, 0.15) is 58.2 Å². The van der Waals surface area contributed by atoms with Crippen molar-refractivity contribution in [1.82, 2.24) is 0 Å². The number of aryl methyl sites for hydroxylation is 2. The highest BCUT2D eigenvalue weighted by molar-refractivity contribution is 7.12. The van der Waals surface area contributed by atoms with Crippen molar-refractivity contribution in [2.75, 3.05) is 13.2 Å². The molecule has 0 aliphatic carbocycles. The van der Waals surface area contributed by atoms with Gasteiger partial charge in [-0.15, -0.1) is 11.3 Å². The molecule has 0 radical (unpaired) electrons. The summed E-state index contributed by atoms with van der Waals surface area (Å²) >= 11 is 1.42. The average molecular weight is 312 g/mol. The van der Waals surface area contributed by atoms with E-state index < -0.39 is 11.9 Å². The Morgan fingerprint density at radius 3 is 1.48 bits per heavy atom. The third-order valence-corrected chi connectivity index (χ3v) is 3.78. The second-order valence-corrected chi connectivity index (χ2v) is 7.38. The molecule has 21 heavy (non-hydrogen) atoms. The van der Waals surface area contributed by atoms with Gasteiger partial charge < -0.3 is 9.47 Å². The fraction of sp³-hybridized carbons (Fsp3) is 0.625. The molecule has 1 aromatic rings. The molecule has 0 fully saturated rings. The number of carbonyl (C=O) groups is 2. The van der Waals surface area contributed by atoms with Gasteiger partial charge in [-0.1, -0.05) is 27.7 Å². The van der Waals surface area contributed by atoms with Crippen molar-refractivity contribution in [3.8, 4) is 0 Å². The first-order valence-corrected chi connectivity index (χ1v) is 7.99. The molecule has 4 nitrogen and oxygen atoms in total. The molecular formula is C16H24O4S. The van der Waals surface area contributed by atoms with Gasteiger partial charge in [0.25, 0.3) is 0 Å². The number of hydrogen-bond acceptors (Lipinski definition) is 5. The minimum absolute atomic E-state index is 0.255. The molecule has 0 saturated heterocycles. The summed E-state index contributed by atoms with van der Waals surface area (Å²) in [7, 11) is 0. The Labute approximate surface area is 130 Å². The van der Waals surface area contributed by atoms with Gasteiger partial charge in [0.1, 0.15) is 0 Å². The smallest absolute Gasteiger partial charge is 0.340 e. The van der Waals surface area contributed by atoms with E-state index in [0.29, 0.717) is 24.3 Å². The van der Waals surface area contributed by atoms with Crippen LogP contribution in [0.15, 0.2) is 0 Å². The molecule has 0 aliphatic rings. The van der Waals surface area contributed by atoms with Gasteiger partial charge in [-0.05, 0) is 25.7 Å². The van der Waals surface area contributed by atoms with E-state index >= 15 is 0 Å². The molecule has 0 spiro atoms. The van der Waals surface area contributed by atoms with E-state index in [1.54, 1.807) is 0 Å². The van der Waals surface area contributed by atoms with E-state index in [0.717, 1.165) is 9.75 Å². The lowest BCUT2D eigenvalue weighted by atomic mass is 10.1. The summed E-state index contributed by atoms with van der Waals surface area (Å²) in [6.45, 7) is 12.2. The van der Waals surface area contributed by atoms with Gasteiger partial charge >= 0.3 is 11.9 Å². The van der Waals surface area contributed by atoms with Gasteiger partial charge in [0.2, 0.25) is 0 Å². The Morgan fingerprint density at radius 1 is 0.857 bits per heavy atom. The molecule has 5 heteroatoms. The van der Waals surface area contributed by atoms with E-state index in [1.807, 2.05) is 41.5 Å². The zero-order valence-electron chi connectivity index (χ0n) is 13.6. The second-order valence-electron chi connectivity index (χ2n) is 5.95. The van der Waals surface area contributed by atoms with Crippen molar-refractivity contribution >= 4 is 23.3 Å². The molecule has 0 amide bonds. The second kappa shape index (κ2) is 7.59. The summed E-state index contributed by atoms with van der Waals surface area (Å²) in [5, 5.41) is 0. The predicted molar refractivity (Wildman–Crippen MR) is 84.0 cm³/mol. The van der Waals surface area contributed by atoms with Gasteiger partial charge in [0.05, 0.1) is 24.3 Å². The third kappa shape index (κ3) is 4.84. The number of carbonyl (C=O) groups excluding carboxylic acids is 2. The van der Waals surface area contributed by atoms with E-state index in [-0.39, 0.29) is 11.8 Å².